The Morgan fingerprint density at radius 1 is 1.45 bits per heavy atom. The summed E-state index contributed by atoms with van der Waals surface area (Å²) < 4.78 is 62.4. The molecule has 0 spiro atoms. The Labute approximate surface area is 115 Å². The third kappa shape index (κ3) is 4.91. The Morgan fingerprint density at radius 3 is 2.50 bits per heavy atom. The number of rotatable bonds is 5. The van der Waals surface area contributed by atoms with Gasteiger partial charge in [0, 0.05) is 13.1 Å². The predicted octanol–water partition coefficient (Wildman–Crippen LogP) is 0.912. The highest BCUT2D eigenvalue weighted by molar-refractivity contribution is 7.86. The molecule has 1 aliphatic rings. The van der Waals surface area contributed by atoms with E-state index in [0.717, 1.165) is 10.7 Å². The van der Waals surface area contributed by atoms with Crippen LogP contribution in [0.15, 0.2) is 0 Å². The molecule has 20 heavy (non-hydrogen) atoms. The number of carboxylic acids is 1. The molecule has 1 heterocycles. The molecule has 0 aromatic carbocycles. The average Bonchev–Trinajstić information content (AvgIpc) is 2.25. The molecule has 0 bridgehead atoms. The first-order valence-electron chi connectivity index (χ1n) is 6.06. The summed E-state index contributed by atoms with van der Waals surface area (Å²) in [4.78, 5) is 10.6. The molecule has 118 valence electrons. The van der Waals surface area contributed by atoms with Crippen LogP contribution in [-0.2, 0) is 15.0 Å². The third-order valence-corrected chi connectivity index (χ3v) is 4.83. The van der Waals surface area contributed by atoms with Crippen LogP contribution >= 0.6 is 0 Å². The minimum Gasteiger partial charge on any atom is -0.480 e. The second-order valence-electron chi connectivity index (χ2n) is 4.89. The van der Waals surface area contributed by atoms with Crippen molar-refractivity contribution in [3.63, 3.8) is 0 Å². The van der Waals surface area contributed by atoms with E-state index in [1.807, 2.05) is 0 Å². The fourth-order valence-electron chi connectivity index (χ4n) is 2.09. The van der Waals surface area contributed by atoms with E-state index in [9.17, 15) is 26.4 Å². The summed E-state index contributed by atoms with van der Waals surface area (Å²) >= 11 is 0. The van der Waals surface area contributed by atoms with Gasteiger partial charge in [0.2, 0.25) is 0 Å². The molecule has 1 rings (SSSR count). The Kier molecular flexibility index (Phi) is 5.39. The van der Waals surface area contributed by atoms with Crippen LogP contribution in [0.2, 0.25) is 0 Å². The van der Waals surface area contributed by atoms with Gasteiger partial charge in [-0.2, -0.15) is 30.2 Å². The van der Waals surface area contributed by atoms with E-state index in [1.54, 1.807) is 6.92 Å². The van der Waals surface area contributed by atoms with Crippen LogP contribution in [-0.4, -0.2) is 60.5 Å². The number of aliphatic carboxylic acids is 1. The molecule has 0 saturated carbocycles. The van der Waals surface area contributed by atoms with Crippen molar-refractivity contribution in [2.24, 2.45) is 5.92 Å². The summed E-state index contributed by atoms with van der Waals surface area (Å²) in [5, 5.41) is 8.60. The second-order valence-corrected chi connectivity index (χ2v) is 6.82. The SMILES string of the molecule is CC1CCCN(S(=O)(=O)N(CC(=O)O)CC(F)(F)F)C1. The highest BCUT2D eigenvalue weighted by Crippen LogP contribution is 2.24. The quantitative estimate of drug-likeness (QED) is 0.817. The summed E-state index contributed by atoms with van der Waals surface area (Å²) in [6.07, 6.45) is -3.44. The fraction of sp³-hybridized carbons (Fsp3) is 0.900. The van der Waals surface area contributed by atoms with E-state index in [4.69, 9.17) is 5.11 Å². The molecule has 1 saturated heterocycles. The lowest BCUT2D eigenvalue weighted by Gasteiger charge is -2.34. The number of piperidine rings is 1. The number of nitrogens with zero attached hydrogens (tertiary/aromatic N) is 2. The summed E-state index contributed by atoms with van der Waals surface area (Å²) in [5.41, 5.74) is 0. The van der Waals surface area contributed by atoms with Gasteiger partial charge in [0.15, 0.2) is 0 Å². The van der Waals surface area contributed by atoms with Crippen LogP contribution in [0, 0.1) is 5.92 Å². The molecular weight excluding hydrogens is 301 g/mol. The molecule has 0 aromatic heterocycles. The van der Waals surface area contributed by atoms with Crippen molar-refractivity contribution in [3.05, 3.63) is 0 Å². The number of carboxylic acid groups (broad SMARTS) is 1. The Hall–Kier alpha value is -0.870. The van der Waals surface area contributed by atoms with Gasteiger partial charge >= 0.3 is 12.1 Å². The first-order valence-corrected chi connectivity index (χ1v) is 7.46. The highest BCUT2D eigenvalue weighted by Gasteiger charge is 2.40. The minimum absolute atomic E-state index is 0.0344. The zero-order chi connectivity index (χ0) is 15.6. The lowest BCUT2D eigenvalue weighted by molar-refractivity contribution is -0.146. The van der Waals surface area contributed by atoms with Crippen molar-refractivity contribution >= 4 is 16.2 Å². The fourth-order valence-corrected chi connectivity index (χ4v) is 3.80. The summed E-state index contributed by atoms with van der Waals surface area (Å²) in [7, 11) is -4.42. The van der Waals surface area contributed by atoms with Crippen LogP contribution in [0.3, 0.4) is 0 Å². The van der Waals surface area contributed by atoms with Crippen LogP contribution in [0.25, 0.3) is 0 Å². The van der Waals surface area contributed by atoms with Gasteiger partial charge in [-0.1, -0.05) is 6.92 Å². The van der Waals surface area contributed by atoms with Gasteiger partial charge in [0.1, 0.15) is 13.1 Å². The average molecular weight is 318 g/mol. The van der Waals surface area contributed by atoms with Crippen molar-refractivity contribution in [2.75, 3.05) is 26.2 Å². The first-order chi connectivity index (χ1) is 9.02. The maximum absolute atomic E-state index is 12.4. The summed E-state index contributed by atoms with van der Waals surface area (Å²) in [6, 6.07) is 0. The van der Waals surface area contributed by atoms with Gasteiger partial charge in [-0.25, -0.2) is 0 Å². The normalized spacial score (nSPS) is 22.1. The lowest BCUT2D eigenvalue weighted by atomic mass is 10.0. The molecule has 0 radical (unpaired) electrons. The molecule has 1 aliphatic heterocycles. The van der Waals surface area contributed by atoms with Crippen molar-refractivity contribution in [1.82, 2.24) is 8.61 Å². The van der Waals surface area contributed by atoms with Crippen molar-refractivity contribution in [2.45, 2.75) is 25.9 Å². The van der Waals surface area contributed by atoms with E-state index < -0.39 is 35.4 Å². The zero-order valence-electron chi connectivity index (χ0n) is 10.9. The molecule has 0 aromatic rings. The van der Waals surface area contributed by atoms with Crippen molar-refractivity contribution in [1.29, 1.82) is 0 Å². The predicted molar refractivity (Wildman–Crippen MR) is 64.2 cm³/mol. The maximum atomic E-state index is 12.4. The summed E-state index contributed by atoms with van der Waals surface area (Å²) in [6.45, 7) is -0.983. The van der Waals surface area contributed by atoms with Crippen LogP contribution < -0.4 is 0 Å². The van der Waals surface area contributed by atoms with Gasteiger partial charge in [0.25, 0.3) is 10.2 Å². The standard InChI is InChI=1S/C10H17F3N2O4S/c1-8-3-2-4-14(5-8)20(18,19)15(6-9(16)17)7-10(11,12)13/h8H,2-7H2,1H3,(H,16,17). The topological polar surface area (TPSA) is 77.9 Å². The van der Waals surface area contributed by atoms with Crippen LogP contribution in [0.5, 0.6) is 0 Å². The molecule has 0 amide bonds. The van der Waals surface area contributed by atoms with Gasteiger partial charge in [-0.3, -0.25) is 4.79 Å². The van der Waals surface area contributed by atoms with E-state index in [-0.39, 0.29) is 23.3 Å². The van der Waals surface area contributed by atoms with Crippen LogP contribution in [0.1, 0.15) is 19.8 Å². The second kappa shape index (κ2) is 6.27. The third-order valence-electron chi connectivity index (χ3n) is 2.94. The minimum atomic E-state index is -4.79. The lowest BCUT2D eigenvalue weighted by Crippen LogP contribution is -2.51. The number of halogens is 3. The smallest absolute Gasteiger partial charge is 0.402 e. The molecule has 0 aliphatic carbocycles. The molecule has 6 nitrogen and oxygen atoms in total. The zero-order valence-corrected chi connectivity index (χ0v) is 11.7. The first kappa shape index (κ1) is 17.2. The Balaban J connectivity index is 2.94. The number of hydrogen-bond donors (Lipinski definition) is 1. The maximum Gasteiger partial charge on any atom is 0.402 e. The van der Waals surface area contributed by atoms with E-state index in [1.165, 1.54) is 0 Å². The van der Waals surface area contributed by atoms with Crippen LogP contribution in [0.4, 0.5) is 13.2 Å². The molecule has 1 unspecified atom stereocenters. The van der Waals surface area contributed by atoms with E-state index in [2.05, 4.69) is 0 Å². The van der Waals surface area contributed by atoms with Gasteiger partial charge in [-0.05, 0) is 18.8 Å². The Morgan fingerprint density at radius 2 is 2.05 bits per heavy atom. The van der Waals surface area contributed by atoms with Gasteiger partial charge < -0.3 is 5.11 Å². The number of carbonyl (C=O) groups is 1. The van der Waals surface area contributed by atoms with Crippen molar-refractivity contribution in [3.8, 4) is 0 Å². The molecular formula is C10H17F3N2O4S. The molecule has 1 atom stereocenters. The number of hydrogen-bond acceptors (Lipinski definition) is 3. The molecule has 1 fully saturated rings. The monoisotopic (exact) mass is 318 g/mol. The Bertz CT molecular complexity index is 452. The number of alkyl halides is 3. The van der Waals surface area contributed by atoms with Gasteiger partial charge in [-0.15, -0.1) is 0 Å². The largest absolute Gasteiger partial charge is 0.480 e. The highest BCUT2D eigenvalue weighted by atomic mass is 32.2. The molecule has 10 heteroatoms. The van der Waals surface area contributed by atoms with E-state index in [0.29, 0.717) is 6.42 Å². The van der Waals surface area contributed by atoms with E-state index >= 15 is 0 Å². The summed E-state index contributed by atoms with van der Waals surface area (Å²) in [5.74, 6) is -1.58. The van der Waals surface area contributed by atoms with Crippen molar-refractivity contribution < 1.29 is 31.5 Å². The van der Waals surface area contributed by atoms with Gasteiger partial charge in [0.05, 0.1) is 0 Å². The molecule has 1 N–H and O–H groups in total.